The lowest BCUT2D eigenvalue weighted by atomic mass is 10.2. The standard InChI is InChI=1S/C16H19N5/c1-10(2)17-15-14-11(3)20-21(13-8-6-5-7-9-13)16(14)19-12(4)18-15/h5-10H,1-4H3,(H,17,18,19). The Bertz CT molecular complexity index is 774. The second kappa shape index (κ2) is 5.16. The minimum Gasteiger partial charge on any atom is -0.367 e. The molecule has 3 rings (SSSR count). The van der Waals surface area contributed by atoms with Crippen LogP contribution in [0.25, 0.3) is 16.7 Å². The number of hydrogen-bond acceptors (Lipinski definition) is 4. The van der Waals surface area contributed by atoms with Gasteiger partial charge >= 0.3 is 0 Å². The van der Waals surface area contributed by atoms with E-state index in [0.29, 0.717) is 6.04 Å². The highest BCUT2D eigenvalue weighted by molar-refractivity contribution is 5.90. The zero-order valence-electron chi connectivity index (χ0n) is 12.8. The van der Waals surface area contributed by atoms with Crippen LogP contribution in [-0.4, -0.2) is 25.8 Å². The average Bonchev–Trinajstić information content (AvgIpc) is 2.76. The Hall–Kier alpha value is -2.43. The van der Waals surface area contributed by atoms with Crippen molar-refractivity contribution in [2.24, 2.45) is 0 Å². The van der Waals surface area contributed by atoms with Gasteiger partial charge in [0.05, 0.1) is 16.8 Å². The van der Waals surface area contributed by atoms with Crippen LogP contribution in [-0.2, 0) is 0 Å². The van der Waals surface area contributed by atoms with E-state index in [1.54, 1.807) is 0 Å². The summed E-state index contributed by atoms with van der Waals surface area (Å²) < 4.78 is 1.88. The number of hydrogen-bond donors (Lipinski definition) is 1. The van der Waals surface area contributed by atoms with E-state index in [1.165, 1.54) is 0 Å². The molecule has 0 fully saturated rings. The second-order valence-electron chi connectivity index (χ2n) is 5.45. The molecule has 0 saturated heterocycles. The van der Waals surface area contributed by atoms with Gasteiger partial charge in [-0.05, 0) is 39.8 Å². The summed E-state index contributed by atoms with van der Waals surface area (Å²) in [7, 11) is 0. The van der Waals surface area contributed by atoms with Gasteiger partial charge in [-0.2, -0.15) is 5.10 Å². The molecule has 1 N–H and O–H groups in total. The molecule has 1 aromatic carbocycles. The van der Waals surface area contributed by atoms with E-state index >= 15 is 0 Å². The molecule has 2 heterocycles. The summed E-state index contributed by atoms with van der Waals surface area (Å²) in [6.07, 6.45) is 0. The van der Waals surface area contributed by atoms with Gasteiger partial charge in [0.1, 0.15) is 11.6 Å². The molecular formula is C16H19N5. The van der Waals surface area contributed by atoms with Crippen LogP contribution in [0.4, 0.5) is 5.82 Å². The monoisotopic (exact) mass is 281 g/mol. The number of fused-ring (bicyclic) bond motifs is 1. The van der Waals surface area contributed by atoms with E-state index in [-0.39, 0.29) is 0 Å². The Kier molecular flexibility index (Phi) is 3.33. The lowest BCUT2D eigenvalue weighted by Gasteiger charge is -2.11. The van der Waals surface area contributed by atoms with Crippen molar-refractivity contribution >= 4 is 16.9 Å². The minimum absolute atomic E-state index is 0.307. The van der Waals surface area contributed by atoms with Crippen LogP contribution < -0.4 is 5.32 Å². The second-order valence-corrected chi connectivity index (χ2v) is 5.45. The first-order valence-corrected chi connectivity index (χ1v) is 7.12. The van der Waals surface area contributed by atoms with Crippen LogP contribution in [0.1, 0.15) is 25.4 Å². The van der Waals surface area contributed by atoms with E-state index in [1.807, 2.05) is 48.9 Å². The molecular weight excluding hydrogens is 262 g/mol. The molecule has 108 valence electrons. The SMILES string of the molecule is Cc1nc(NC(C)C)c2c(C)nn(-c3ccccc3)c2n1. The Labute approximate surface area is 124 Å². The third-order valence-corrected chi connectivity index (χ3v) is 3.24. The summed E-state index contributed by atoms with van der Waals surface area (Å²) >= 11 is 0. The van der Waals surface area contributed by atoms with Crippen molar-refractivity contribution in [1.29, 1.82) is 0 Å². The van der Waals surface area contributed by atoms with Gasteiger partial charge in [0.25, 0.3) is 0 Å². The van der Waals surface area contributed by atoms with Crippen LogP contribution in [0.3, 0.4) is 0 Å². The van der Waals surface area contributed by atoms with Crippen LogP contribution in [0, 0.1) is 13.8 Å². The lowest BCUT2D eigenvalue weighted by Crippen LogP contribution is -2.12. The quantitative estimate of drug-likeness (QED) is 0.800. The number of nitrogens with one attached hydrogen (secondary N) is 1. The number of rotatable bonds is 3. The first kappa shape index (κ1) is 13.5. The third-order valence-electron chi connectivity index (χ3n) is 3.24. The molecule has 0 radical (unpaired) electrons. The van der Waals surface area contributed by atoms with Gasteiger partial charge in [-0.15, -0.1) is 0 Å². The highest BCUT2D eigenvalue weighted by Gasteiger charge is 2.16. The molecule has 0 aliphatic heterocycles. The van der Waals surface area contributed by atoms with Crippen LogP contribution in [0.15, 0.2) is 30.3 Å². The lowest BCUT2D eigenvalue weighted by molar-refractivity contribution is 0.869. The summed E-state index contributed by atoms with van der Waals surface area (Å²) in [6.45, 7) is 8.09. The van der Waals surface area contributed by atoms with E-state index < -0.39 is 0 Å². The molecule has 5 nitrogen and oxygen atoms in total. The predicted octanol–water partition coefficient (Wildman–Crippen LogP) is 3.25. The topological polar surface area (TPSA) is 55.6 Å². The maximum Gasteiger partial charge on any atom is 0.168 e. The number of aryl methyl sites for hydroxylation is 2. The molecule has 2 aromatic heterocycles. The fourth-order valence-electron chi connectivity index (χ4n) is 2.42. The molecule has 0 amide bonds. The van der Waals surface area contributed by atoms with Crippen molar-refractivity contribution in [3.8, 4) is 5.69 Å². The Morgan fingerprint density at radius 2 is 1.76 bits per heavy atom. The van der Waals surface area contributed by atoms with Crippen molar-refractivity contribution < 1.29 is 0 Å². The van der Waals surface area contributed by atoms with Crippen molar-refractivity contribution in [1.82, 2.24) is 19.7 Å². The molecule has 0 bridgehead atoms. The fraction of sp³-hybridized carbons (Fsp3) is 0.312. The van der Waals surface area contributed by atoms with Gasteiger partial charge in [-0.25, -0.2) is 14.6 Å². The van der Waals surface area contributed by atoms with Crippen LogP contribution in [0.2, 0.25) is 0 Å². The first-order valence-electron chi connectivity index (χ1n) is 7.12. The Balaban J connectivity index is 2.28. The summed E-state index contributed by atoms with van der Waals surface area (Å²) in [4.78, 5) is 9.12. The van der Waals surface area contributed by atoms with Gasteiger partial charge in [0.2, 0.25) is 0 Å². The number of aromatic nitrogens is 4. The minimum atomic E-state index is 0.307. The molecule has 3 aromatic rings. The van der Waals surface area contributed by atoms with Crippen molar-refractivity contribution in [3.05, 3.63) is 41.9 Å². The molecule has 5 heteroatoms. The average molecular weight is 281 g/mol. The number of nitrogens with zero attached hydrogens (tertiary/aromatic N) is 4. The molecule has 0 aliphatic rings. The summed E-state index contributed by atoms with van der Waals surface area (Å²) in [5.74, 6) is 1.59. The zero-order valence-corrected chi connectivity index (χ0v) is 12.8. The molecule has 0 aliphatic carbocycles. The molecule has 0 atom stereocenters. The summed E-state index contributed by atoms with van der Waals surface area (Å²) in [5, 5.41) is 9.02. The van der Waals surface area contributed by atoms with Crippen molar-refractivity contribution in [2.45, 2.75) is 33.7 Å². The van der Waals surface area contributed by atoms with Crippen molar-refractivity contribution in [3.63, 3.8) is 0 Å². The predicted molar refractivity (Wildman–Crippen MR) is 84.9 cm³/mol. The smallest absolute Gasteiger partial charge is 0.168 e. The van der Waals surface area contributed by atoms with Gasteiger partial charge in [-0.3, -0.25) is 0 Å². The molecule has 0 unspecified atom stereocenters. The molecule has 21 heavy (non-hydrogen) atoms. The van der Waals surface area contributed by atoms with Gasteiger partial charge in [0, 0.05) is 6.04 Å². The summed E-state index contributed by atoms with van der Waals surface area (Å²) in [6, 6.07) is 10.4. The van der Waals surface area contributed by atoms with Crippen LogP contribution in [0.5, 0.6) is 0 Å². The van der Waals surface area contributed by atoms with Crippen LogP contribution >= 0.6 is 0 Å². The molecule has 0 saturated carbocycles. The van der Waals surface area contributed by atoms with Gasteiger partial charge < -0.3 is 5.32 Å². The number of benzene rings is 1. The summed E-state index contributed by atoms with van der Waals surface area (Å²) in [5.41, 5.74) is 2.77. The zero-order chi connectivity index (χ0) is 15.0. The maximum atomic E-state index is 4.64. The molecule has 0 spiro atoms. The Morgan fingerprint density at radius 3 is 2.43 bits per heavy atom. The Morgan fingerprint density at radius 1 is 1.05 bits per heavy atom. The van der Waals surface area contributed by atoms with E-state index in [0.717, 1.165) is 34.1 Å². The van der Waals surface area contributed by atoms with E-state index in [4.69, 9.17) is 0 Å². The van der Waals surface area contributed by atoms with Gasteiger partial charge in [0.15, 0.2) is 5.65 Å². The first-order chi connectivity index (χ1) is 10.1. The van der Waals surface area contributed by atoms with Crippen molar-refractivity contribution in [2.75, 3.05) is 5.32 Å². The maximum absolute atomic E-state index is 4.64. The number of para-hydroxylation sites is 1. The third kappa shape index (κ3) is 2.46. The van der Waals surface area contributed by atoms with E-state index in [9.17, 15) is 0 Å². The van der Waals surface area contributed by atoms with E-state index in [2.05, 4.69) is 34.2 Å². The van der Waals surface area contributed by atoms with Gasteiger partial charge in [-0.1, -0.05) is 18.2 Å². The number of anilines is 1. The fourth-order valence-corrected chi connectivity index (χ4v) is 2.42. The highest BCUT2D eigenvalue weighted by atomic mass is 15.3. The largest absolute Gasteiger partial charge is 0.367 e. The normalized spacial score (nSPS) is 11.3. The highest BCUT2D eigenvalue weighted by Crippen LogP contribution is 2.26.